The van der Waals surface area contributed by atoms with Gasteiger partial charge in [0.25, 0.3) is 0 Å². The van der Waals surface area contributed by atoms with Crippen molar-refractivity contribution in [2.75, 3.05) is 0 Å². The molecule has 0 aromatic heterocycles. The second-order valence-electron chi connectivity index (χ2n) is 4.83. The summed E-state index contributed by atoms with van der Waals surface area (Å²) in [6.45, 7) is 2.00. The molecule has 0 saturated carbocycles. The maximum absolute atomic E-state index is 11.4. The van der Waals surface area contributed by atoms with Gasteiger partial charge in [0.05, 0.1) is 5.92 Å². The van der Waals surface area contributed by atoms with Gasteiger partial charge in [-0.25, -0.2) is 0 Å². The molecule has 2 aromatic rings. The predicted octanol–water partition coefficient (Wildman–Crippen LogP) is 3.80. The average molecular weight is 254 g/mol. The molecule has 2 rings (SSSR count). The van der Waals surface area contributed by atoms with Crippen molar-refractivity contribution in [1.29, 1.82) is 0 Å². The lowest BCUT2D eigenvalue weighted by molar-refractivity contribution is -0.138. The quantitative estimate of drug-likeness (QED) is 0.881. The van der Waals surface area contributed by atoms with E-state index >= 15 is 0 Å². The molecule has 0 aliphatic carbocycles. The molecule has 0 aliphatic rings. The number of hydrogen-bond donors (Lipinski definition) is 1. The molecular formula is C17H18O2. The zero-order valence-corrected chi connectivity index (χ0v) is 11.0. The van der Waals surface area contributed by atoms with Gasteiger partial charge in [-0.3, -0.25) is 4.79 Å². The summed E-state index contributed by atoms with van der Waals surface area (Å²) in [7, 11) is 0. The zero-order valence-electron chi connectivity index (χ0n) is 11.0. The lowest BCUT2D eigenvalue weighted by atomic mass is 9.92. The van der Waals surface area contributed by atoms with Crippen molar-refractivity contribution in [2.45, 2.75) is 25.7 Å². The Bertz CT molecular complexity index is 529. The maximum Gasteiger partial charge on any atom is 0.310 e. The zero-order chi connectivity index (χ0) is 13.7. The molecule has 1 N–H and O–H groups in total. The number of aliphatic carboxylic acids is 1. The molecule has 1 atom stereocenters. The highest BCUT2D eigenvalue weighted by atomic mass is 16.4. The first-order valence-corrected chi connectivity index (χ1v) is 6.50. The molecule has 0 heterocycles. The van der Waals surface area contributed by atoms with Crippen LogP contribution in [0.1, 0.15) is 29.0 Å². The van der Waals surface area contributed by atoms with Gasteiger partial charge in [0.2, 0.25) is 0 Å². The number of carboxylic acids is 1. The first-order valence-electron chi connectivity index (χ1n) is 6.50. The summed E-state index contributed by atoms with van der Waals surface area (Å²) in [6, 6.07) is 17.8. The van der Waals surface area contributed by atoms with E-state index in [9.17, 15) is 9.90 Å². The Morgan fingerprint density at radius 3 is 2.26 bits per heavy atom. The van der Waals surface area contributed by atoms with Crippen molar-refractivity contribution in [3.05, 3.63) is 71.3 Å². The van der Waals surface area contributed by atoms with Crippen LogP contribution in [0.15, 0.2) is 54.6 Å². The SMILES string of the molecule is Cc1ccc([C@H](CCc2ccccc2)C(=O)O)cc1. The van der Waals surface area contributed by atoms with Crippen molar-refractivity contribution < 1.29 is 9.90 Å². The van der Waals surface area contributed by atoms with E-state index in [0.717, 1.165) is 17.5 Å². The molecule has 0 amide bonds. The average Bonchev–Trinajstić information content (AvgIpc) is 2.42. The summed E-state index contributed by atoms with van der Waals surface area (Å²) in [5.74, 6) is -1.18. The highest BCUT2D eigenvalue weighted by Gasteiger charge is 2.19. The molecule has 2 aromatic carbocycles. The summed E-state index contributed by atoms with van der Waals surface area (Å²) in [6.07, 6.45) is 1.41. The van der Waals surface area contributed by atoms with Crippen molar-refractivity contribution in [2.24, 2.45) is 0 Å². The Hall–Kier alpha value is -2.09. The van der Waals surface area contributed by atoms with Crippen LogP contribution in [0.25, 0.3) is 0 Å². The van der Waals surface area contributed by atoms with Gasteiger partial charge in [0, 0.05) is 0 Å². The number of carbonyl (C=O) groups is 1. The summed E-state index contributed by atoms with van der Waals surface area (Å²) in [5, 5.41) is 9.37. The second-order valence-corrected chi connectivity index (χ2v) is 4.83. The highest BCUT2D eigenvalue weighted by molar-refractivity contribution is 5.76. The molecule has 0 saturated heterocycles. The second kappa shape index (κ2) is 6.19. The van der Waals surface area contributed by atoms with Gasteiger partial charge >= 0.3 is 5.97 Å². The first kappa shape index (κ1) is 13.3. The fourth-order valence-corrected chi connectivity index (χ4v) is 2.19. The molecule has 2 nitrogen and oxygen atoms in total. The van der Waals surface area contributed by atoms with E-state index in [1.54, 1.807) is 0 Å². The van der Waals surface area contributed by atoms with Crippen LogP contribution in [0, 0.1) is 6.92 Å². The smallest absolute Gasteiger partial charge is 0.310 e. The molecule has 2 heteroatoms. The van der Waals surface area contributed by atoms with Crippen LogP contribution in [0.5, 0.6) is 0 Å². The Balaban J connectivity index is 2.09. The summed E-state index contributed by atoms with van der Waals surface area (Å²) >= 11 is 0. The van der Waals surface area contributed by atoms with Crippen molar-refractivity contribution >= 4 is 5.97 Å². The molecule has 0 bridgehead atoms. The van der Waals surface area contributed by atoms with E-state index in [0.29, 0.717) is 6.42 Å². The largest absolute Gasteiger partial charge is 0.481 e. The van der Waals surface area contributed by atoms with Crippen LogP contribution in [0.3, 0.4) is 0 Å². The Morgan fingerprint density at radius 2 is 1.68 bits per heavy atom. The Labute approximate surface area is 113 Å². The van der Waals surface area contributed by atoms with Crippen LogP contribution in [-0.2, 0) is 11.2 Å². The van der Waals surface area contributed by atoms with Crippen LogP contribution >= 0.6 is 0 Å². The summed E-state index contributed by atoms with van der Waals surface area (Å²) in [4.78, 5) is 11.4. The number of carboxylic acid groups (broad SMARTS) is 1. The van der Waals surface area contributed by atoms with E-state index in [1.165, 1.54) is 5.56 Å². The highest BCUT2D eigenvalue weighted by Crippen LogP contribution is 2.22. The Morgan fingerprint density at radius 1 is 1.05 bits per heavy atom. The third kappa shape index (κ3) is 3.68. The number of benzene rings is 2. The topological polar surface area (TPSA) is 37.3 Å². The van der Waals surface area contributed by atoms with E-state index < -0.39 is 11.9 Å². The minimum atomic E-state index is -0.750. The maximum atomic E-state index is 11.4. The van der Waals surface area contributed by atoms with Gasteiger partial charge < -0.3 is 5.11 Å². The normalized spacial score (nSPS) is 12.1. The van der Waals surface area contributed by atoms with Gasteiger partial charge in [-0.1, -0.05) is 60.2 Å². The standard InChI is InChI=1S/C17H18O2/c1-13-7-10-15(11-8-13)16(17(18)19)12-9-14-5-3-2-4-6-14/h2-8,10-11,16H,9,12H2,1H3,(H,18,19)/t16-/m0/s1. The van der Waals surface area contributed by atoms with Crippen molar-refractivity contribution in [3.8, 4) is 0 Å². The predicted molar refractivity (Wildman–Crippen MR) is 76.3 cm³/mol. The minimum Gasteiger partial charge on any atom is -0.481 e. The first-order chi connectivity index (χ1) is 9.16. The summed E-state index contributed by atoms with van der Waals surface area (Å²) in [5.41, 5.74) is 3.21. The van der Waals surface area contributed by atoms with Crippen LogP contribution in [0.4, 0.5) is 0 Å². The van der Waals surface area contributed by atoms with E-state index in [4.69, 9.17) is 0 Å². The fourth-order valence-electron chi connectivity index (χ4n) is 2.19. The van der Waals surface area contributed by atoms with Gasteiger partial charge in [0.1, 0.15) is 0 Å². The lowest BCUT2D eigenvalue weighted by Crippen LogP contribution is -2.12. The van der Waals surface area contributed by atoms with Crippen molar-refractivity contribution in [1.82, 2.24) is 0 Å². The van der Waals surface area contributed by atoms with E-state index in [1.807, 2.05) is 61.5 Å². The molecule has 0 radical (unpaired) electrons. The molecule has 0 fully saturated rings. The number of hydrogen-bond acceptors (Lipinski definition) is 1. The molecule has 98 valence electrons. The monoisotopic (exact) mass is 254 g/mol. The molecule has 19 heavy (non-hydrogen) atoms. The molecular weight excluding hydrogens is 236 g/mol. The Kier molecular flexibility index (Phi) is 4.35. The molecule has 0 aliphatic heterocycles. The molecule has 0 unspecified atom stereocenters. The van der Waals surface area contributed by atoms with Crippen LogP contribution < -0.4 is 0 Å². The molecule has 0 spiro atoms. The van der Waals surface area contributed by atoms with Gasteiger partial charge in [0.15, 0.2) is 0 Å². The minimum absolute atomic E-state index is 0.430. The van der Waals surface area contributed by atoms with Gasteiger partial charge in [-0.05, 0) is 30.9 Å². The van der Waals surface area contributed by atoms with E-state index in [-0.39, 0.29) is 0 Å². The summed E-state index contributed by atoms with van der Waals surface area (Å²) < 4.78 is 0. The number of rotatable bonds is 5. The van der Waals surface area contributed by atoms with E-state index in [2.05, 4.69) is 0 Å². The van der Waals surface area contributed by atoms with Crippen LogP contribution in [-0.4, -0.2) is 11.1 Å². The van der Waals surface area contributed by atoms with Crippen molar-refractivity contribution in [3.63, 3.8) is 0 Å². The third-order valence-electron chi connectivity index (χ3n) is 3.34. The third-order valence-corrected chi connectivity index (χ3v) is 3.34. The van der Waals surface area contributed by atoms with Gasteiger partial charge in [-0.2, -0.15) is 0 Å². The lowest BCUT2D eigenvalue weighted by Gasteiger charge is -2.13. The fraction of sp³-hybridized carbons (Fsp3) is 0.235. The van der Waals surface area contributed by atoms with Crippen LogP contribution in [0.2, 0.25) is 0 Å². The number of aryl methyl sites for hydroxylation is 2. The van der Waals surface area contributed by atoms with Gasteiger partial charge in [-0.15, -0.1) is 0 Å².